The Morgan fingerprint density at radius 1 is 1.60 bits per heavy atom. The van der Waals surface area contributed by atoms with Crippen LogP contribution in [0.15, 0.2) is 29.3 Å². The summed E-state index contributed by atoms with van der Waals surface area (Å²) in [5.41, 5.74) is 1.14. The minimum absolute atomic E-state index is 0.0490. The maximum Gasteiger partial charge on any atom is 0.136 e. The van der Waals surface area contributed by atoms with Crippen molar-refractivity contribution < 1.29 is 4.55 Å². The Morgan fingerprint density at radius 3 is 2.70 bits per heavy atom. The van der Waals surface area contributed by atoms with E-state index in [9.17, 15) is 4.55 Å². The predicted octanol–water partition coefficient (Wildman–Crippen LogP) is 3.54. The van der Waals surface area contributed by atoms with Crippen LogP contribution in [-0.4, -0.2) is 32.4 Å². The summed E-state index contributed by atoms with van der Waals surface area (Å²) in [6.07, 6.45) is 7.62. The summed E-state index contributed by atoms with van der Waals surface area (Å²) in [4.78, 5) is 4.33. The second-order valence-corrected chi connectivity index (χ2v) is 9.80. The second kappa shape index (κ2) is 7.25. The average molecular weight is 361 g/mol. The molecule has 1 heterocycles. The highest BCUT2D eigenvalue weighted by Crippen LogP contribution is 2.31. The molecule has 5 heteroatoms. The van der Waals surface area contributed by atoms with E-state index in [1.807, 2.05) is 33.8 Å². The first-order chi connectivity index (χ1) is 9.15. The largest absolute Gasteiger partial charge is 0.598 e. The molecule has 0 saturated heterocycles. The van der Waals surface area contributed by atoms with Crippen LogP contribution in [0.25, 0.3) is 0 Å². The molecule has 0 aromatic rings. The van der Waals surface area contributed by atoms with Crippen molar-refractivity contribution in [2.24, 2.45) is 4.99 Å². The van der Waals surface area contributed by atoms with Crippen molar-refractivity contribution in [2.75, 3.05) is 6.54 Å². The van der Waals surface area contributed by atoms with Gasteiger partial charge in [0.25, 0.3) is 0 Å². The van der Waals surface area contributed by atoms with Gasteiger partial charge in [-0.15, -0.1) is 11.3 Å². The van der Waals surface area contributed by atoms with E-state index in [2.05, 4.69) is 38.3 Å². The van der Waals surface area contributed by atoms with Gasteiger partial charge >= 0.3 is 0 Å². The number of hydrogen-bond donors (Lipinski definition) is 1. The summed E-state index contributed by atoms with van der Waals surface area (Å²) in [5, 5.41) is 0. The highest BCUT2D eigenvalue weighted by Gasteiger charge is 2.39. The molecular formula is C15H25BrN2OS. The predicted molar refractivity (Wildman–Crippen MR) is 93.0 cm³/mol. The molecule has 0 spiro atoms. The molecule has 0 fully saturated rings. The first kappa shape index (κ1) is 18.0. The van der Waals surface area contributed by atoms with Gasteiger partial charge in [0.1, 0.15) is 4.75 Å². The third-order valence-electron chi connectivity index (χ3n) is 3.14. The van der Waals surface area contributed by atoms with Gasteiger partial charge in [-0.3, -0.25) is 4.99 Å². The van der Waals surface area contributed by atoms with E-state index in [0.29, 0.717) is 6.54 Å². The molecule has 1 N–H and O–H groups in total. The van der Waals surface area contributed by atoms with Gasteiger partial charge < -0.3 is 4.55 Å². The standard InChI is InChI=1S/C15H25BrN2OS/c1-12(2)7-8-13(18-20(19)14(3,4)5)15(16)9-6-10-17-11-15/h6,9-10,13,18H,1,7-8,11H2,2-5H3/t13-,15?,20+/m1/s1. The van der Waals surface area contributed by atoms with Crippen molar-refractivity contribution in [3.8, 4) is 0 Å². The fourth-order valence-electron chi connectivity index (χ4n) is 1.83. The van der Waals surface area contributed by atoms with Crippen molar-refractivity contribution in [1.82, 2.24) is 4.72 Å². The van der Waals surface area contributed by atoms with Crippen molar-refractivity contribution in [3.05, 3.63) is 24.3 Å². The molecule has 114 valence electrons. The van der Waals surface area contributed by atoms with Crippen molar-refractivity contribution in [1.29, 1.82) is 0 Å². The smallest absolute Gasteiger partial charge is 0.136 e. The number of alkyl halides is 1. The molecule has 1 aliphatic heterocycles. The van der Waals surface area contributed by atoms with Gasteiger partial charge in [0.2, 0.25) is 0 Å². The lowest BCUT2D eigenvalue weighted by Crippen LogP contribution is -2.54. The maximum atomic E-state index is 12.4. The quantitative estimate of drug-likeness (QED) is 0.447. The van der Waals surface area contributed by atoms with Gasteiger partial charge in [-0.05, 0) is 46.6 Å². The van der Waals surface area contributed by atoms with E-state index < -0.39 is 11.4 Å². The summed E-state index contributed by atoms with van der Waals surface area (Å²) in [7, 11) is 0. The van der Waals surface area contributed by atoms with E-state index in [1.165, 1.54) is 0 Å². The molecule has 1 unspecified atom stereocenters. The average Bonchev–Trinajstić information content (AvgIpc) is 2.33. The lowest BCUT2D eigenvalue weighted by molar-refractivity contribution is 0.460. The molecule has 3 atom stereocenters. The highest BCUT2D eigenvalue weighted by molar-refractivity contribution is 9.10. The number of aliphatic imine (C=N–C) groups is 1. The Balaban J connectivity index is 2.82. The molecular weight excluding hydrogens is 336 g/mol. The van der Waals surface area contributed by atoms with E-state index in [0.717, 1.165) is 18.4 Å². The Bertz CT molecular complexity index is 403. The first-order valence-corrected chi connectivity index (χ1v) is 8.78. The topological polar surface area (TPSA) is 47.4 Å². The van der Waals surface area contributed by atoms with Gasteiger partial charge in [0.15, 0.2) is 0 Å². The zero-order valence-corrected chi connectivity index (χ0v) is 15.2. The lowest BCUT2D eigenvalue weighted by Gasteiger charge is -2.36. The highest BCUT2D eigenvalue weighted by atomic mass is 79.9. The minimum atomic E-state index is -1.11. The third-order valence-corrected chi connectivity index (χ3v) is 5.82. The van der Waals surface area contributed by atoms with Crippen LogP contribution in [-0.2, 0) is 11.4 Å². The van der Waals surface area contributed by atoms with Gasteiger partial charge in [0.05, 0.1) is 16.9 Å². The second-order valence-electron chi connectivity index (χ2n) is 6.32. The Labute approximate surface area is 134 Å². The summed E-state index contributed by atoms with van der Waals surface area (Å²) >= 11 is 2.68. The van der Waals surface area contributed by atoms with Crippen molar-refractivity contribution >= 4 is 33.5 Å². The first-order valence-electron chi connectivity index (χ1n) is 6.84. The molecule has 0 aliphatic carbocycles. The van der Waals surface area contributed by atoms with Gasteiger partial charge in [-0.1, -0.05) is 27.6 Å². The van der Waals surface area contributed by atoms with Crippen LogP contribution < -0.4 is 4.72 Å². The normalized spacial score (nSPS) is 25.5. The number of nitrogens with one attached hydrogen (secondary N) is 1. The van der Waals surface area contributed by atoms with Gasteiger partial charge in [0, 0.05) is 17.6 Å². The van der Waals surface area contributed by atoms with Gasteiger partial charge in [-0.25, -0.2) is 0 Å². The molecule has 1 rings (SSSR count). The summed E-state index contributed by atoms with van der Waals surface area (Å²) in [6.45, 7) is 12.6. The molecule has 0 aromatic carbocycles. The fraction of sp³-hybridized carbons (Fsp3) is 0.667. The number of hydrogen-bond acceptors (Lipinski definition) is 3. The Kier molecular flexibility index (Phi) is 6.51. The zero-order valence-electron chi connectivity index (χ0n) is 12.8. The number of rotatable bonds is 6. The molecule has 0 radical (unpaired) electrons. The molecule has 3 nitrogen and oxygen atoms in total. The molecule has 1 aliphatic rings. The zero-order chi connectivity index (χ0) is 15.4. The van der Waals surface area contributed by atoms with Crippen LogP contribution in [0.5, 0.6) is 0 Å². The third kappa shape index (κ3) is 5.35. The Hall–Kier alpha value is -0.100. The molecule has 0 saturated carbocycles. The summed E-state index contributed by atoms with van der Waals surface area (Å²) in [5.74, 6) is 0. The van der Waals surface area contributed by atoms with E-state index >= 15 is 0 Å². The number of nitrogens with zero attached hydrogens (tertiary/aromatic N) is 1. The van der Waals surface area contributed by atoms with Crippen molar-refractivity contribution in [3.63, 3.8) is 0 Å². The maximum absolute atomic E-state index is 12.4. The van der Waals surface area contributed by atoms with Crippen molar-refractivity contribution in [2.45, 2.75) is 55.6 Å². The van der Waals surface area contributed by atoms with Crippen LogP contribution in [0.1, 0.15) is 40.5 Å². The number of halogens is 1. The summed E-state index contributed by atoms with van der Waals surface area (Å²) in [6, 6.07) is 0.0490. The SMILES string of the molecule is C=C(C)CC[C@@H](N[S@@+]([O-])C(C)(C)C)C1(Br)C=CC=NC1. The van der Waals surface area contributed by atoms with Gasteiger partial charge in [-0.2, -0.15) is 0 Å². The van der Waals surface area contributed by atoms with Crippen LogP contribution in [0.4, 0.5) is 0 Å². The lowest BCUT2D eigenvalue weighted by atomic mass is 9.93. The number of dihydropyridines is 1. The molecule has 0 bridgehead atoms. The molecule has 0 amide bonds. The van der Waals surface area contributed by atoms with Crippen LogP contribution >= 0.6 is 15.9 Å². The van der Waals surface area contributed by atoms with E-state index in [-0.39, 0.29) is 15.1 Å². The van der Waals surface area contributed by atoms with Crippen LogP contribution in [0.2, 0.25) is 0 Å². The fourth-order valence-corrected chi connectivity index (χ4v) is 3.56. The number of allylic oxidation sites excluding steroid dienone is 2. The van der Waals surface area contributed by atoms with Crippen LogP contribution in [0.3, 0.4) is 0 Å². The molecule has 20 heavy (non-hydrogen) atoms. The van der Waals surface area contributed by atoms with E-state index in [4.69, 9.17) is 0 Å². The minimum Gasteiger partial charge on any atom is -0.598 e. The molecule has 0 aromatic heterocycles. The van der Waals surface area contributed by atoms with Crippen LogP contribution in [0, 0.1) is 0 Å². The monoisotopic (exact) mass is 360 g/mol. The Morgan fingerprint density at radius 2 is 2.25 bits per heavy atom. The van der Waals surface area contributed by atoms with E-state index in [1.54, 1.807) is 6.21 Å². The summed E-state index contributed by atoms with van der Waals surface area (Å²) < 4.78 is 15.1.